The summed E-state index contributed by atoms with van der Waals surface area (Å²) in [6.07, 6.45) is 1.60. The molecule has 1 fully saturated rings. The van der Waals surface area contributed by atoms with Gasteiger partial charge in [0.25, 0.3) is 0 Å². The third kappa shape index (κ3) is 2.19. The summed E-state index contributed by atoms with van der Waals surface area (Å²) in [4.78, 5) is 10.4. The highest BCUT2D eigenvalue weighted by Gasteiger charge is 2.34. The maximum atomic E-state index is 10.4. The van der Waals surface area contributed by atoms with Crippen LogP contribution in [-0.4, -0.2) is 24.3 Å². The molecule has 11 heavy (non-hydrogen) atoms. The Hall–Kier alpha value is -0.570. The van der Waals surface area contributed by atoms with Crippen molar-refractivity contribution in [3.8, 4) is 0 Å². The van der Waals surface area contributed by atoms with Gasteiger partial charge in [-0.1, -0.05) is 0 Å². The third-order valence-electron chi connectivity index (χ3n) is 2.14. The SMILES string of the molecule is CCOCC1CC(C(=O)O)C1. The smallest absolute Gasteiger partial charge is 0.306 e. The van der Waals surface area contributed by atoms with E-state index in [1.165, 1.54) is 0 Å². The topological polar surface area (TPSA) is 46.5 Å². The second-order valence-electron chi connectivity index (χ2n) is 3.03. The lowest BCUT2D eigenvalue weighted by atomic mass is 9.75. The Morgan fingerprint density at radius 2 is 2.27 bits per heavy atom. The molecule has 1 rings (SSSR count). The van der Waals surface area contributed by atoms with Crippen molar-refractivity contribution in [1.82, 2.24) is 0 Å². The van der Waals surface area contributed by atoms with E-state index in [1.54, 1.807) is 0 Å². The van der Waals surface area contributed by atoms with E-state index in [0.29, 0.717) is 5.92 Å². The molecule has 0 radical (unpaired) electrons. The standard InChI is InChI=1S/C8H14O3/c1-2-11-5-6-3-7(4-6)8(9)10/h6-7H,2-5H2,1H3,(H,9,10). The normalized spacial score (nSPS) is 29.5. The van der Waals surface area contributed by atoms with Gasteiger partial charge < -0.3 is 9.84 Å². The van der Waals surface area contributed by atoms with Crippen LogP contribution in [0.5, 0.6) is 0 Å². The molecule has 1 N–H and O–H groups in total. The number of hydrogen-bond donors (Lipinski definition) is 1. The fraction of sp³-hybridized carbons (Fsp3) is 0.875. The van der Waals surface area contributed by atoms with Crippen molar-refractivity contribution >= 4 is 5.97 Å². The fourth-order valence-corrected chi connectivity index (χ4v) is 1.36. The average molecular weight is 158 g/mol. The molecule has 1 aliphatic carbocycles. The van der Waals surface area contributed by atoms with E-state index >= 15 is 0 Å². The molecule has 0 aromatic heterocycles. The van der Waals surface area contributed by atoms with Gasteiger partial charge in [0.05, 0.1) is 5.92 Å². The number of carbonyl (C=O) groups is 1. The van der Waals surface area contributed by atoms with E-state index in [4.69, 9.17) is 9.84 Å². The minimum absolute atomic E-state index is 0.0968. The molecule has 0 saturated heterocycles. The van der Waals surface area contributed by atoms with Gasteiger partial charge in [-0.05, 0) is 25.7 Å². The molecule has 0 bridgehead atoms. The van der Waals surface area contributed by atoms with Crippen molar-refractivity contribution in [3.63, 3.8) is 0 Å². The molecule has 1 saturated carbocycles. The third-order valence-corrected chi connectivity index (χ3v) is 2.14. The van der Waals surface area contributed by atoms with E-state index in [1.807, 2.05) is 6.92 Å². The molecule has 0 amide bonds. The molecule has 0 aromatic carbocycles. The molecule has 0 unspecified atom stereocenters. The maximum absolute atomic E-state index is 10.4. The quantitative estimate of drug-likeness (QED) is 0.667. The second-order valence-corrected chi connectivity index (χ2v) is 3.03. The molecule has 0 spiro atoms. The molecule has 1 aliphatic rings. The number of rotatable bonds is 4. The molecule has 0 heterocycles. The van der Waals surface area contributed by atoms with Crippen molar-refractivity contribution in [2.24, 2.45) is 11.8 Å². The first-order valence-electron chi connectivity index (χ1n) is 4.04. The number of ether oxygens (including phenoxy) is 1. The lowest BCUT2D eigenvalue weighted by molar-refractivity contribution is -0.147. The highest BCUT2D eigenvalue weighted by atomic mass is 16.5. The summed E-state index contributed by atoms with van der Waals surface area (Å²) in [5, 5.41) is 8.54. The Balaban J connectivity index is 2.05. The summed E-state index contributed by atoms with van der Waals surface area (Å²) in [6.45, 7) is 3.42. The first-order valence-corrected chi connectivity index (χ1v) is 4.04. The number of aliphatic carboxylic acids is 1. The molecule has 3 nitrogen and oxygen atoms in total. The lowest BCUT2D eigenvalue weighted by Crippen LogP contribution is -2.32. The van der Waals surface area contributed by atoms with E-state index < -0.39 is 5.97 Å². The Morgan fingerprint density at radius 3 is 2.73 bits per heavy atom. The predicted octanol–water partition coefficient (Wildman–Crippen LogP) is 1.13. The summed E-state index contributed by atoms with van der Waals surface area (Å²) < 4.78 is 5.17. The molecule has 0 aliphatic heterocycles. The van der Waals surface area contributed by atoms with E-state index in [9.17, 15) is 4.79 Å². The van der Waals surface area contributed by atoms with Gasteiger partial charge in [-0.2, -0.15) is 0 Å². The van der Waals surface area contributed by atoms with Crippen molar-refractivity contribution in [1.29, 1.82) is 0 Å². The highest BCUT2D eigenvalue weighted by molar-refractivity contribution is 5.71. The Morgan fingerprint density at radius 1 is 1.64 bits per heavy atom. The van der Waals surface area contributed by atoms with Crippen LogP contribution in [0, 0.1) is 11.8 Å². The molecule has 0 atom stereocenters. The summed E-state index contributed by atoms with van der Waals surface area (Å²) in [5.74, 6) is -0.255. The first-order chi connectivity index (χ1) is 5.24. The Bertz CT molecular complexity index is 138. The van der Waals surface area contributed by atoms with Crippen LogP contribution in [0.25, 0.3) is 0 Å². The van der Waals surface area contributed by atoms with Gasteiger partial charge in [0, 0.05) is 13.2 Å². The van der Waals surface area contributed by atoms with Crippen molar-refractivity contribution in [2.45, 2.75) is 19.8 Å². The predicted molar refractivity (Wildman–Crippen MR) is 40.3 cm³/mol. The van der Waals surface area contributed by atoms with Gasteiger partial charge in [-0.3, -0.25) is 4.79 Å². The summed E-state index contributed by atoms with van der Waals surface area (Å²) >= 11 is 0. The monoisotopic (exact) mass is 158 g/mol. The van der Waals surface area contributed by atoms with Gasteiger partial charge in [-0.15, -0.1) is 0 Å². The zero-order chi connectivity index (χ0) is 8.27. The van der Waals surface area contributed by atoms with Gasteiger partial charge in [0.15, 0.2) is 0 Å². The minimum atomic E-state index is -0.655. The minimum Gasteiger partial charge on any atom is -0.481 e. The first kappa shape index (κ1) is 8.53. The van der Waals surface area contributed by atoms with E-state index in [2.05, 4.69) is 0 Å². The van der Waals surface area contributed by atoms with Gasteiger partial charge in [0.2, 0.25) is 0 Å². The van der Waals surface area contributed by atoms with Crippen LogP contribution in [0.1, 0.15) is 19.8 Å². The zero-order valence-corrected chi connectivity index (χ0v) is 6.75. The second kappa shape index (κ2) is 3.72. The molecule has 0 aromatic rings. The van der Waals surface area contributed by atoms with Crippen molar-refractivity contribution < 1.29 is 14.6 Å². The average Bonchev–Trinajstić information content (AvgIpc) is 1.84. The lowest BCUT2D eigenvalue weighted by Gasteiger charge is -2.31. The van der Waals surface area contributed by atoms with Crippen LogP contribution < -0.4 is 0 Å². The van der Waals surface area contributed by atoms with Crippen LogP contribution in [0.15, 0.2) is 0 Å². The summed E-state index contributed by atoms with van der Waals surface area (Å²) in [5.41, 5.74) is 0. The highest BCUT2D eigenvalue weighted by Crippen LogP contribution is 2.33. The Kier molecular flexibility index (Phi) is 2.88. The van der Waals surface area contributed by atoms with Crippen LogP contribution in [-0.2, 0) is 9.53 Å². The Labute approximate surface area is 66.4 Å². The van der Waals surface area contributed by atoms with Gasteiger partial charge >= 0.3 is 5.97 Å². The maximum Gasteiger partial charge on any atom is 0.306 e. The van der Waals surface area contributed by atoms with Crippen molar-refractivity contribution in [3.05, 3.63) is 0 Å². The van der Waals surface area contributed by atoms with E-state index in [-0.39, 0.29) is 5.92 Å². The van der Waals surface area contributed by atoms with E-state index in [0.717, 1.165) is 26.1 Å². The summed E-state index contributed by atoms with van der Waals surface area (Å²) in [7, 11) is 0. The summed E-state index contributed by atoms with van der Waals surface area (Å²) in [6, 6.07) is 0. The van der Waals surface area contributed by atoms with Crippen LogP contribution in [0.2, 0.25) is 0 Å². The molecular formula is C8H14O3. The van der Waals surface area contributed by atoms with Crippen LogP contribution in [0.3, 0.4) is 0 Å². The van der Waals surface area contributed by atoms with Gasteiger partial charge in [-0.25, -0.2) is 0 Å². The largest absolute Gasteiger partial charge is 0.481 e. The van der Waals surface area contributed by atoms with Gasteiger partial charge in [0.1, 0.15) is 0 Å². The molecule has 3 heteroatoms. The van der Waals surface area contributed by atoms with Crippen molar-refractivity contribution in [2.75, 3.05) is 13.2 Å². The van der Waals surface area contributed by atoms with Crippen LogP contribution in [0.4, 0.5) is 0 Å². The zero-order valence-electron chi connectivity index (χ0n) is 6.75. The number of carboxylic acids is 1. The van der Waals surface area contributed by atoms with Crippen LogP contribution >= 0.6 is 0 Å². The fourth-order valence-electron chi connectivity index (χ4n) is 1.36. The number of hydrogen-bond acceptors (Lipinski definition) is 2. The molecule has 64 valence electrons. The molecular weight excluding hydrogens is 144 g/mol. The number of carboxylic acid groups (broad SMARTS) is 1.